The highest BCUT2D eigenvalue weighted by Crippen LogP contribution is 2.37. The highest BCUT2D eigenvalue weighted by molar-refractivity contribution is 7.16. The fraction of sp³-hybridized carbons (Fsp3) is 0.250. The lowest BCUT2D eigenvalue weighted by molar-refractivity contribution is -0.118. The van der Waals surface area contributed by atoms with Gasteiger partial charge in [0.25, 0.3) is 5.91 Å². The fourth-order valence-electron chi connectivity index (χ4n) is 3.64. The SMILES string of the molecule is COc1cccc(OCC(=O)Nc2sc3c(c2C#N)CCN(Cc2ccccc2)C3)c1. The first-order chi connectivity index (χ1) is 15.2. The van der Waals surface area contributed by atoms with Crippen molar-refractivity contribution in [3.8, 4) is 17.6 Å². The van der Waals surface area contributed by atoms with E-state index in [2.05, 4.69) is 28.4 Å². The highest BCUT2D eigenvalue weighted by atomic mass is 32.1. The molecule has 1 aliphatic heterocycles. The molecule has 0 spiro atoms. The summed E-state index contributed by atoms with van der Waals surface area (Å²) in [6.45, 7) is 2.40. The number of carbonyl (C=O) groups excluding carboxylic acids is 1. The Balaban J connectivity index is 1.40. The van der Waals surface area contributed by atoms with E-state index in [0.29, 0.717) is 22.1 Å². The number of methoxy groups -OCH3 is 1. The lowest BCUT2D eigenvalue weighted by Gasteiger charge is -2.26. The molecule has 1 amide bonds. The summed E-state index contributed by atoms with van der Waals surface area (Å²) in [5.41, 5.74) is 2.90. The Morgan fingerprint density at radius 2 is 2.00 bits per heavy atom. The molecule has 2 heterocycles. The summed E-state index contributed by atoms with van der Waals surface area (Å²) < 4.78 is 10.7. The second-order valence-electron chi connectivity index (χ2n) is 7.28. The van der Waals surface area contributed by atoms with Gasteiger partial charge in [-0.05, 0) is 29.7 Å². The van der Waals surface area contributed by atoms with E-state index in [1.807, 2.05) is 24.3 Å². The Kier molecular flexibility index (Phi) is 6.51. The first-order valence-electron chi connectivity index (χ1n) is 10.0. The van der Waals surface area contributed by atoms with Crippen molar-refractivity contribution in [2.24, 2.45) is 0 Å². The third kappa shape index (κ3) is 5.05. The Morgan fingerprint density at radius 1 is 1.19 bits per heavy atom. The standard InChI is InChI=1S/C24H23N3O3S/c1-29-18-8-5-9-19(12-18)30-16-23(28)26-24-21(13-25)20-10-11-27(15-22(20)31-24)14-17-6-3-2-4-7-17/h2-9,12H,10-11,14-16H2,1H3,(H,26,28). The van der Waals surface area contributed by atoms with Crippen molar-refractivity contribution in [3.05, 3.63) is 76.2 Å². The van der Waals surface area contributed by atoms with E-state index in [-0.39, 0.29) is 12.5 Å². The lowest BCUT2D eigenvalue weighted by Crippen LogP contribution is -2.29. The number of rotatable bonds is 7. The number of nitrogens with zero attached hydrogens (tertiary/aromatic N) is 2. The quantitative estimate of drug-likeness (QED) is 0.604. The lowest BCUT2D eigenvalue weighted by atomic mass is 10.0. The molecule has 31 heavy (non-hydrogen) atoms. The van der Waals surface area contributed by atoms with Gasteiger partial charge >= 0.3 is 0 Å². The van der Waals surface area contributed by atoms with Gasteiger partial charge < -0.3 is 14.8 Å². The molecule has 6 nitrogen and oxygen atoms in total. The second-order valence-corrected chi connectivity index (χ2v) is 8.39. The molecule has 1 N–H and O–H groups in total. The summed E-state index contributed by atoms with van der Waals surface area (Å²) in [7, 11) is 1.58. The van der Waals surface area contributed by atoms with Crippen LogP contribution in [0, 0.1) is 11.3 Å². The van der Waals surface area contributed by atoms with Crippen LogP contribution in [0.2, 0.25) is 0 Å². The van der Waals surface area contributed by atoms with Gasteiger partial charge in [0, 0.05) is 30.6 Å². The van der Waals surface area contributed by atoms with Crippen molar-refractivity contribution in [1.82, 2.24) is 4.90 Å². The molecule has 0 bridgehead atoms. The Hall–Kier alpha value is -3.34. The van der Waals surface area contributed by atoms with Crippen molar-refractivity contribution < 1.29 is 14.3 Å². The van der Waals surface area contributed by atoms with Gasteiger partial charge in [0.15, 0.2) is 6.61 Å². The topological polar surface area (TPSA) is 74.6 Å². The molecular weight excluding hydrogens is 410 g/mol. The third-order valence-corrected chi connectivity index (χ3v) is 6.29. The largest absolute Gasteiger partial charge is 0.497 e. The molecule has 0 saturated heterocycles. The molecule has 1 aliphatic rings. The average Bonchev–Trinajstić information content (AvgIpc) is 3.14. The van der Waals surface area contributed by atoms with E-state index in [1.54, 1.807) is 25.3 Å². The summed E-state index contributed by atoms with van der Waals surface area (Å²) in [4.78, 5) is 16.0. The summed E-state index contributed by atoms with van der Waals surface area (Å²) in [5, 5.41) is 13.2. The van der Waals surface area contributed by atoms with Crippen LogP contribution in [0.25, 0.3) is 0 Å². The van der Waals surface area contributed by atoms with Gasteiger partial charge in [-0.2, -0.15) is 5.26 Å². The molecule has 158 valence electrons. The van der Waals surface area contributed by atoms with Crippen LogP contribution in [-0.2, 0) is 24.3 Å². The Bertz CT molecular complexity index is 1110. The van der Waals surface area contributed by atoms with Gasteiger partial charge in [0.1, 0.15) is 22.6 Å². The number of hydrogen-bond acceptors (Lipinski definition) is 6. The summed E-state index contributed by atoms with van der Waals surface area (Å²) in [6, 6.07) is 19.7. The van der Waals surface area contributed by atoms with E-state index in [4.69, 9.17) is 9.47 Å². The van der Waals surface area contributed by atoms with E-state index >= 15 is 0 Å². The fourth-order valence-corrected chi connectivity index (χ4v) is 4.90. The molecule has 0 unspecified atom stereocenters. The average molecular weight is 434 g/mol. The maximum absolute atomic E-state index is 12.4. The van der Waals surface area contributed by atoms with Crippen molar-refractivity contribution in [2.45, 2.75) is 19.5 Å². The maximum atomic E-state index is 12.4. The molecule has 4 rings (SSSR count). The van der Waals surface area contributed by atoms with E-state index in [1.165, 1.54) is 16.9 Å². The minimum Gasteiger partial charge on any atom is -0.497 e. The molecule has 1 aromatic heterocycles. The summed E-state index contributed by atoms with van der Waals surface area (Å²) in [5.74, 6) is 0.923. The first kappa shape index (κ1) is 20.9. The number of nitrogens with one attached hydrogen (secondary N) is 1. The van der Waals surface area contributed by atoms with Gasteiger partial charge in [-0.1, -0.05) is 36.4 Å². The number of benzene rings is 2. The number of anilines is 1. The van der Waals surface area contributed by atoms with Gasteiger partial charge in [0.05, 0.1) is 12.7 Å². The van der Waals surface area contributed by atoms with Gasteiger partial charge in [0.2, 0.25) is 0 Å². The highest BCUT2D eigenvalue weighted by Gasteiger charge is 2.25. The molecule has 0 fully saturated rings. The van der Waals surface area contributed by atoms with Crippen LogP contribution >= 0.6 is 11.3 Å². The Labute approximate surface area is 185 Å². The monoisotopic (exact) mass is 433 g/mol. The molecule has 0 saturated carbocycles. The van der Waals surface area contributed by atoms with Crippen LogP contribution in [0.1, 0.15) is 21.6 Å². The predicted octanol–water partition coefficient (Wildman–Crippen LogP) is 4.20. The Morgan fingerprint density at radius 3 is 2.77 bits per heavy atom. The number of nitriles is 1. The number of fused-ring (bicyclic) bond motifs is 1. The first-order valence-corrected chi connectivity index (χ1v) is 10.9. The van der Waals surface area contributed by atoms with Gasteiger partial charge in [-0.3, -0.25) is 9.69 Å². The molecule has 3 aromatic rings. The van der Waals surface area contributed by atoms with Crippen molar-refractivity contribution in [1.29, 1.82) is 5.26 Å². The zero-order chi connectivity index (χ0) is 21.6. The summed E-state index contributed by atoms with van der Waals surface area (Å²) in [6.07, 6.45) is 0.803. The third-order valence-electron chi connectivity index (χ3n) is 5.16. The second kappa shape index (κ2) is 9.65. The minimum absolute atomic E-state index is 0.138. The van der Waals surface area contributed by atoms with Crippen molar-refractivity contribution in [3.63, 3.8) is 0 Å². The zero-order valence-electron chi connectivity index (χ0n) is 17.3. The predicted molar refractivity (Wildman–Crippen MR) is 120 cm³/mol. The van der Waals surface area contributed by atoms with Crippen LogP contribution < -0.4 is 14.8 Å². The van der Waals surface area contributed by atoms with Crippen LogP contribution in [0.5, 0.6) is 11.5 Å². The van der Waals surface area contributed by atoms with E-state index < -0.39 is 0 Å². The zero-order valence-corrected chi connectivity index (χ0v) is 18.1. The van der Waals surface area contributed by atoms with Crippen LogP contribution in [0.3, 0.4) is 0 Å². The molecular formula is C24H23N3O3S. The number of hydrogen-bond donors (Lipinski definition) is 1. The molecule has 2 aromatic carbocycles. The smallest absolute Gasteiger partial charge is 0.262 e. The normalized spacial score (nSPS) is 13.2. The number of thiophene rings is 1. The van der Waals surface area contributed by atoms with Crippen LogP contribution in [0.15, 0.2) is 54.6 Å². The number of carbonyl (C=O) groups is 1. The van der Waals surface area contributed by atoms with E-state index in [9.17, 15) is 10.1 Å². The van der Waals surface area contributed by atoms with Crippen LogP contribution in [-0.4, -0.2) is 31.1 Å². The van der Waals surface area contributed by atoms with Crippen molar-refractivity contribution >= 4 is 22.2 Å². The number of ether oxygens (including phenoxy) is 2. The molecule has 0 aliphatic carbocycles. The molecule has 0 radical (unpaired) electrons. The van der Waals surface area contributed by atoms with Gasteiger partial charge in [-0.25, -0.2) is 0 Å². The minimum atomic E-state index is -0.293. The maximum Gasteiger partial charge on any atom is 0.262 e. The summed E-state index contributed by atoms with van der Waals surface area (Å²) >= 11 is 1.49. The van der Waals surface area contributed by atoms with Crippen LogP contribution in [0.4, 0.5) is 5.00 Å². The van der Waals surface area contributed by atoms with Crippen molar-refractivity contribution in [2.75, 3.05) is 25.6 Å². The number of amides is 1. The molecule has 7 heteroatoms. The van der Waals surface area contributed by atoms with E-state index in [0.717, 1.165) is 36.5 Å². The van der Waals surface area contributed by atoms with Gasteiger partial charge in [-0.15, -0.1) is 11.3 Å². The molecule has 0 atom stereocenters.